The Morgan fingerprint density at radius 3 is 2.68 bits per heavy atom. The van der Waals surface area contributed by atoms with Crippen LogP contribution in [0.5, 0.6) is 0 Å². The molecule has 1 saturated carbocycles. The molecule has 7 heteroatoms. The lowest BCUT2D eigenvalue weighted by Gasteiger charge is -2.48. The van der Waals surface area contributed by atoms with E-state index in [1.54, 1.807) is 11.3 Å². The van der Waals surface area contributed by atoms with Gasteiger partial charge in [0.1, 0.15) is 16.1 Å². The molecule has 0 spiro atoms. The third-order valence-corrected chi connectivity index (χ3v) is 7.94. The second kappa shape index (κ2) is 7.99. The standard InChI is InChI=1S/C24H26ClN3O2S/c1-24(23(30)26-14-16-7-9-18(25)10-8-16)15-27-20(13-17-11-12-31-22(17)27)21(29)28(24)19-5-3-2-4-6-19/h7-13,19H,2-6,14-15H2,1H3,(H,26,30)/t24-/m1/s1. The summed E-state index contributed by atoms with van der Waals surface area (Å²) >= 11 is 7.60. The van der Waals surface area contributed by atoms with Crippen molar-refractivity contribution in [2.75, 3.05) is 0 Å². The molecule has 31 heavy (non-hydrogen) atoms. The first-order valence-electron chi connectivity index (χ1n) is 10.9. The second-order valence-corrected chi connectivity index (χ2v) is 10.2. The van der Waals surface area contributed by atoms with Crippen molar-refractivity contribution in [3.8, 4) is 0 Å². The highest BCUT2D eigenvalue weighted by Gasteiger charge is 2.50. The van der Waals surface area contributed by atoms with Crippen LogP contribution in [-0.2, 0) is 17.9 Å². The van der Waals surface area contributed by atoms with Crippen LogP contribution in [0.2, 0.25) is 5.02 Å². The minimum atomic E-state index is -0.936. The Bertz CT molecular complexity index is 1130. The van der Waals surface area contributed by atoms with E-state index in [1.165, 1.54) is 6.42 Å². The van der Waals surface area contributed by atoms with Crippen molar-refractivity contribution < 1.29 is 9.59 Å². The maximum Gasteiger partial charge on any atom is 0.271 e. The first-order chi connectivity index (χ1) is 15.0. The van der Waals surface area contributed by atoms with E-state index in [0.717, 1.165) is 41.5 Å². The summed E-state index contributed by atoms with van der Waals surface area (Å²) in [5.74, 6) is -0.129. The predicted octanol–water partition coefficient (Wildman–Crippen LogP) is 5.22. The number of halogens is 1. The number of nitrogens with one attached hydrogen (secondary N) is 1. The van der Waals surface area contributed by atoms with Crippen molar-refractivity contribution in [2.24, 2.45) is 0 Å². The summed E-state index contributed by atoms with van der Waals surface area (Å²) in [5, 5.41) is 6.87. The van der Waals surface area contributed by atoms with E-state index in [4.69, 9.17) is 11.6 Å². The number of fused-ring (bicyclic) bond motifs is 3. The zero-order valence-corrected chi connectivity index (χ0v) is 19.1. The van der Waals surface area contributed by atoms with Gasteiger partial charge in [-0.25, -0.2) is 0 Å². The molecular formula is C24H26ClN3O2S. The third kappa shape index (κ3) is 3.56. The van der Waals surface area contributed by atoms with Crippen molar-refractivity contribution in [3.63, 3.8) is 0 Å². The van der Waals surface area contributed by atoms with Crippen LogP contribution in [0.1, 0.15) is 55.1 Å². The fraction of sp³-hybridized carbons (Fsp3) is 0.417. The average molecular weight is 456 g/mol. The number of carbonyl (C=O) groups is 2. The lowest BCUT2D eigenvalue weighted by Crippen LogP contribution is -2.66. The molecule has 162 valence electrons. The number of nitrogens with zero attached hydrogens (tertiary/aromatic N) is 2. The van der Waals surface area contributed by atoms with Crippen molar-refractivity contribution in [2.45, 2.75) is 63.7 Å². The molecule has 1 aliphatic heterocycles. The Kier molecular flexibility index (Phi) is 5.30. The molecule has 5 nitrogen and oxygen atoms in total. The summed E-state index contributed by atoms with van der Waals surface area (Å²) in [4.78, 5) is 30.3. The van der Waals surface area contributed by atoms with Crippen molar-refractivity contribution in [3.05, 3.63) is 58.1 Å². The summed E-state index contributed by atoms with van der Waals surface area (Å²) in [6.07, 6.45) is 5.33. The number of rotatable bonds is 4. The van der Waals surface area contributed by atoms with Crippen LogP contribution in [0.15, 0.2) is 41.8 Å². The molecule has 2 aliphatic rings. The third-order valence-electron chi connectivity index (χ3n) is 6.73. The highest BCUT2D eigenvalue weighted by Crippen LogP contribution is 2.38. The summed E-state index contributed by atoms with van der Waals surface area (Å²) in [5.41, 5.74) is 0.750. The Labute approximate surface area is 191 Å². The van der Waals surface area contributed by atoms with Gasteiger partial charge in [0.15, 0.2) is 0 Å². The van der Waals surface area contributed by atoms with E-state index >= 15 is 0 Å². The molecular weight excluding hydrogens is 430 g/mol. The monoisotopic (exact) mass is 455 g/mol. The minimum Gasteiger partial charge on any atom is -0.350 e. The van der Waals surface area contributed by atoms with E-state index in [2.05, 4.69) is 5.32 Å². The second-order valence-electron chi connectivity index (χ2n) is 8.85. The average Bonchev–Trinajstić information content (AvgIpc) is 3.36. The van der Waals surface area contributed by atoms with Gasteiger partial charge in [0, 0.05) is 23.0 Å². The van der Waals surface area contributed by atoms with Crippen LogP contribution in [0.25, 0.3) is 10.2 Å². The molecule has 5 rings (SSSR count). The highest BCUT2D eigenvalue weighted by atomic mass is 35.5. The molecule has 3 heterocycles. The van der Waals surface area contributed by atoms with Crippen LogP contribution < -0.4 is 5.32 Å². The summed E-state index contributed by atoms with van der Waals surface area (Å²) < 4.78 is 2.05. The molecule has 1 aromatic carbocycles. The van der Waals surface area contributed by atoms with Crippen molar-refractivity contribution in [1.29, 1.82) is 0 Å². The lowest BCUT2D eigenvalue weighted by molar-refractivity contribution is -0.134. The molecule has 0 saturated heterocycles. The Morgan fingerprint density at radius 1 is 1.19 bits per heavy atom. The molecule has 1 atom stereocenters. The number of aromatic nitrogens is 1. The predicted molar refractivity (Wildman–Crippen MR) is 125 cm³/mol. The van der Waals surface area contributed by atoms with Gasteiger partial charge in [-0.2, -0.15) is 0 Å². The van der Waals surface area contributed by atoms with Crippen molar-refractivity contribution in [1.82, 2.24) is 14.8 Å². The highest BCUT2D eigenvalue weighted by molar-refractivity contribution is 7.16. The number of benzene rings is 1. The number of hydrogen-bond acceptors (Lipinski definition) is 3. The summed E-state index contributed by atoms with van der Waals surface area (Å²) in [7, 11) is 0. The van der Waals surface area contributed by atoms with Gasteiger partial charge in [-0.1, -0.05) is 43.0 Å². The van der Waals surface area contributed by atoms with Gasteiger partial charge < -0.3 is 14.8 Å². The van der Waals surface area contributed by atoms with Gasteiger partial charge in [-0.15, -0.1) is 11.3 Å². The molecule has 2 aromatic heterocycles. The Morgan fingerprint density at radius 2 is 1.94 bits per heavy atom. The number of carbonyl (C=O) groups excluding carboxylic acids is 2. The van der Waals surface area contributed by atoms with Gasteiger partial charge in [0.25, 0.3) is 5.91 Å². The fourth-order valence-electron chi connectivity index (χ4n) is 5.11. The maximum absolute atomic E-state index is 13.7. The largest absolute Gasteiger partial charge is 0.350 e. The number of thiophene rings is 1. The van der Waals surface area contributed by atoms with Gasteiger partial charge in [-0.3, -0.25) is 9.59 Å². The van der Waals surface area contributed by atoms with Crippen molar-refractivity contribution >= 4 is 45.0 Å². The quantitative estimate of drug-likeness (QED) is 0.586. The van der Waals surface area contributed by atoms with E-state index in [9.17, 15) is 9.59 Å². The topological polar surface area (TPSA) is 54.3 Å². The molecule has 0 unspecified atom stereocenters. The smallest absolute Gasteiger partial charge is 0.271 e. The van der Waals surface area contributed by atoms with Gasteiger partial charge in [0.05, 0.1) is 6.54 Å². The molecule has 0 radical (unpaired) electrons. The van der Waals surface area contributed by atoms with E-state index in [1.807, 2.05) is 58.2 Å². The number of hydrogen-bond donors (Lipinski definition) is 1. The zero-order valence-electron chi connectivity index (χ0n) is 17.6. The SMILES string of the molecule is C[C@]1(C(=O)NCc2ccc(Cl)cc2)Cn2c(cc3ccsc32)C(=O)N1C1CCCCC1. The lowest BCUT2D eigenvalue weighted by atomic mass is 9.86. The van der Waals surface area contributed by atoms with Crippen LogP contribution in [0, 0.1) is 0 Å². The minimum absolute atomic E-state index is 0.0225. The van der Waals surface area contributed by atoms with E-state index in [-0.39, 0.29) is 17.9 Å². The van der Waals surface area contributed by atoms with Gasteiger partial charge in [0.2, 0.25) is 5.91 Å². The Balaban J connectivity index is 1.49. The first-order valence-corrected chi connectivity index (χ1v) is 12.2. The fourth-order valence-corrected chi connectivity index (χ4v) is 6.13. The molecule has 2 amide bonds. The van der Waals surface area contributed by atoms with Gasteiger partial charge >= 0.3 is 0 Å². The normalized spacial score (nSPS) is 22.0. The summed E-state index contributed by atoms with van der Waals surface area (Å²) in [6.45, 7) is 2.81. The molecule has 1 N–H and O–H groups in total. The molecule has 3 aromatic rings. The first kappa shape index (κ1) is 20.6. The van der Waals surface area contributed by atoms with Crippen LogP contribution in [0.4, 0.5) is 0 Å². The van der Waals surface area contributed by atoms with Crippen LogP contribution >= 0.6 is 22.9 Å². The molecule has 1 fully saturated rings. The van der Waals surface area contributed by atoms with Crippen LogP contribution in [0.3, 0.4) is 0 Å². The maximum atomic E-state index is 13.7. The molecule has 0 bridgehead atoms. The van der Waals surface area contributed by atoms with Crippen LogP contribution in [-0.4, -0.2) is 32.9 Å². The molecule has 1 aliphatic carbocycles. The Hall–Kier alpha value is -2.31. The van der Waals surface area contributed by atoms with E-state index in [0.29, 0.717) is 23.8 Å². The summed E-state index contributed by atoms with van der Waals surface area (Å²) in [6, 6.07) is 11.6. The number of amides is 2. The van der Waals surface area contributed by atoms with E-state index < -0.39 is 5.54 Å². The zero-order chi connectivity index (χ0) is 21.6. The van der Waals surface area contributed by atoms with Gasteiger partial charge in [-0.05, 0) is 55.0 Å².